The Kier molecular flexibility index (Phi) is 4.26. The number of hydrogen-bond donors (Lipinski definition) is 0. The molecule has 0 N–H and O–H groups in total. The Morgan fingerprint density at radius 3 is 1.72 bits per heavy atom. The Balaban J connectivity index is 2.32. The summed E-state index contributed by atoms with van der Waals surface area (Å²) in [7, 11) is 0. The van der Waals surface area contributed by atoms with E-state index in [2.05, 4.69) is 0 Å². The largest absolute Gasteiger partial charge is 0.358 e. The van der Waals surface area contributed by atoms with Gasteiger partial charge in [0, 0.05) is 0 Å². The van der Waals surface area contributed by atoms with Gasteiger partial charge in [-0.1, -0.05) is 60.7 Å². The molecule has 0 fully saturated rings. The van der Waals surface area contributed by atoms with Crippen LogP contribution in [-0.4, -0.2) is 12.4 Å². The van der Waals surface area contributed by atoms with Crippen LogP contribution in [0.15, 0.2) is 60.7 Å². The summed E-state index contributed by atoms with van der Waals surface area (Å²) >= 11 is 0. The molecule has 0 radical (unpaired) electrons. The van der Waals surface area contributed by atoms with Gasteiger partial charge in [0.25, 0.3) is 0 Å². The monoisotopic (exact) mass is 240 g/mol. The van der Waals surface area contributed by atoms with Gasteiger partial charge in [-0.25, -0.2) is 0 Å². The van der Waals surface area contributed by atoms with Gasteiger partial charge in [-0.3, -0.25) is 0 Å². The summed E-state index contributed by atoms with van der Waals surface area (Å²) in [5.41, 5.74) is 2.11. The zero-order valence-electron chi connectivity index (χ0n) is 10.3. The van der Waals surface area contributed by atoms with Crippen LogP contribution < -0.4 is 0 Å². The van der Waals surface area contributed by atoms with Crippen molar-refractivity contribution in [1.82, 2.24) is 0 Å². The van der Waals surface area contributed by atoms with E-state index in [1.54, 1.807) is 6.92 Å². The topological polar surface area (TPSA) is 26.3 Å². The smallest absolute Gasteiger partial charge is 0.148 e. The molecule has 1 unspecified atom stereocenters. The van der Waals surface area contributed by atoms with Gasteiger partial charge >= 0.3 is 0 Å². The Bertz CT molecular complexity index is 439. The molecule has 0 saturated heterocycles. The molecule has 1 atom stereocenters. The van der Waals surface area contributed by atoms with Crippen molar-refractivity contribution in [2.24, 2.45) is 0 Å². The highest BCUT2D eigenvalue weighted by atomic mass is 16.5. The van der Waals surface area contributed by atoms with E-state index in [1.165, 1.54) is 0 Å². The van der Waals surface area contributed by atoms with E-state index < -0.39 is 6.10 Å². The van der Waals surface area contributed by atoms with Gasteiger partial charge in [-0.05, 0) is 18.1 Å². The van der Waals surface area contributed by atoms with Gasteiger partial charge in [0.2, 0.25) is 0 Å². The minimum atomic E-state index is -0.421. The molecule has 2 rings (SSSR count). The molecular formula is C16H16O2. The molecule has 0 heterocycles. The first kappa shape index (κ1) is 12.5. The second kappa shape index (κ2) is 6.12. The lowest BCUT2D eigenvalue weighted by molar-refractivity contribution is -0.119. The van der Waals surface area contributed by atoms with Crippen molar-refractivity contribution in [3.8, 4) is 0 Å². The lowest BCUT2D eigenvalue weighted by atomic mass is 10.0. The average molecular weight is 240 g/mol. The molecule has 2 nitrogen and oxygen atoms in total. The molecule has 18 heavy (non-hydrogen) atoms. The molecule has 0 spiro atoms. The van der Waals surface area contributed by atoms with Crippen LogP contribution in [0.25, 0.3) is 0 Å². The van der Waals surface area contributed by atoms with E-state index >= 15 is 0 Å². The van der Waals surface area contributed by atoms with Crippen molar-refractivity contribution in [1.29, 1.82) is 0 Å². The molecule has 0 amide bonds. The highest BCUT2D eigenvalue weighted by Gasteiger charge is 2.16. The highest BCUT2D eigenvalue weighted by Crippen LogP contribution is 2.26. The minimum absolute atomic E-state index is 0.201. The van der Waals surface area contributed by atoms with Gasteiger partial charge in [0.05, 0.1) is 0 Å². The van der Waals surface area contributed by atoms with Crippen LogP contribution in [0, 0.1) is 0 Å². The summed E-state index contributed by atoms with van der Waals surface area (Å²) in [6.45, 7) is 1.76. The first-order valence-corrected chi connectivity index (χ1v) is 6.02. The predicted molar refractivity (Wildman–Crippen MR) is 71.3 cm³/mol. The summed E-state index contributed by atoms with van der Waals surface area (Å²) in [4.78, 5) is 10.8. The van der Waals surface area contributed by atoms with E-state index in [0.29, 0.717) is 0 Å². The Morgan fingerprint density at radius 1 is 0.889 bits per heavy atom. The maximum Gasteiger partial charge on any atom is 0.148 e. The molecule has 0 saturated carbocycles. The Labute approximate surface area is 107 Å². The third-order valence-corrected chi connectivity index (χ3v) is 2.75. The van der Waals surface area contributed by atoms with E-state index in [4.69, 9.17) is 4.74 Å². The highest BCUT2D eigenvalue weighted by molar-refractivity contribution is 5.55. The van der Waals surface area contributed by atoms with Gasteiger partial charge in [0.1, 0.15) is 18.5 Å². The second-order valence-electron chi connectivity index (χ2n) is 4.18. The van der Waals surface area contributed by atoms with Gasteiger partial charge in [-0.2, -0.15) is 0 Å². The first-order chi connectivity index (χ1) is 8.81. The second-order valence-corrected chi connectivity index (χ2v) is 4.18. The van der Waals surface area contributed by atoms with Crippen molar-refractivity contribution in [3.05, 3.63) is 71.8 Å². The number of ether oxygens (including phenoxy) is 1. The Morgan fingerprint density at radius 2 is 1.33 bits per heavy atom. The van der Waals surface area contributed by atoms with Crippen LogP contribution in [-0.2, 0) is 9.53 Å². The fraction of sp³-hybridized carbons (Fsp3) is 0.188. The molecule has 0 bridgehead atoms. The molecular weight excluding hydrogens is 224 g/mol. The van der Waals surface area contributed by atoms with E-state index in [9.17, 15) is 4.79 Å². The summed E-state index contributed by atoms with van der Waals surface area (Å²) in [6.07, 6.45) is 0.196. The lowest BCUT2D eigenvalue weighted by Crippen LogP contribution is -2.15. The van der Waals surface area contributed by atoms with Crippen molar-refractivity contribution < 1.29 is 9.53 Å². The third-order valence-electron chi connectivity index (χ3n) is 2.75. The van der Waals surface area contributed by atoms with Gasteiger partial charge in [0.15, 0.2) is 0 Å². The standard InChI is InChI=1S/C16H16O2/c1-13(12-17)18-16(14-8-4-2-5-9-14)15-10-6-3-7-11-15/h2-13,16H,1H3. The SMILES string of the molecule is CC(C=O)OC(c1ccccc1)c1ccccc1. The van der Waals surface area contributed by atoms with Crippen molar-refractivity contribution in [3.63, 3.8) is 0 Å². The normalized spacial score (nSPS) is 12.3. The number of carbonyl (C=O) groups is 1. The fourth-order valence-electron chi connectivity index (χ4n) is 1.85. The van der Waals surface area contributed by atoms with Crippen molar-refractivity contribution in [2.45, 2.75) is 19.1 Å². The molecule has 0 aliphatic heterocycles. The van der Waals surface area contributed by atoms with Crippen LogP contribution in [0.3, 0.4) is 0 Å². The molecule has 0 aliphatic rings. The molecule has 2 heteroatoms. The lowest BCUT2D eigenvalue weighted by Gasteiger charge is -2.20. The zero-order chi connectivity index (χ0) is 12.8. The summed E-state index contributed by atoms with van der Waals surface area (Å²) < 4.78 is 5.80. The van der Waals surface area contributed by atoms with Gasteiger partial charge < -0.3 is 9.53 Å². The van der Waals surface area contributed by atoms with Crippen LogP contribution in [0.4, 0.5) is 0 Å². The number of aldehydes is 1. The first-order valence-electron chi connectivity index (χ1n) is 6.02. The average Bonchev–Trinajstić information content (AvgIpc) is 2.46. The van der Waals surface area contributed by atoms with Gasteiger partial charge in [-0.15, -0.1) is 0 Å². The third kappa shape index (κ3) is 3.05. The van der Waals surface area contributed by atoms with E-state index in [1.807, 2.05) is 60.7 Å². The molecule has 2 aromatic rings. The molecule has 2 aromatic carbocycles. The number of rotatable bonds is 5. The molecule has 92 valence electrons. The maximum atomic E-state index is 10.8. The summed E-state index contributed by atoms with van der Waals surface area (Å²) in [5.74, 6) is 0. The van der Waals surface area contributed by atoms with Crippen LogP contribution in [0.1, 0.15) is 24.2 Å². The zero-order valence-corrected chi connectivity index (χ0v) is 10.3. The van der Waals surface area contributed by atoms with Crippen molar-refractivity contribution in [2.75, 3.05) is 0 Å². The van der Waals surface area contributed by atoms with E-state index in [-0.39, 0.29) is 6.10 Å². The predicted octanol–water partition coefficient (Wildman–Crippen LogP) is 3.38. The van der Waals surface area contributed by atoms with Crippen LogP contribution in [0.2, 0.25) is 0 Å². The van der Waals surface area contributed by atoms with E-state index in [0.717, 1.165) is 17.4 Å². The van der Waals surface area contributed by atoms with Crippen molar-refractivity contribution >= 4 is 6.29 Å². The minimum Gasteiger partial charge on any atom is -0.358 e. The van der Waals surface area contributed by atoms with Crippen LogP contribution >= 0.6 is 0 Å². The number of carbonyl (C=O) groups excluding carboxylic acids is 1. The fourth-order valence-corrected chi connectivity index (χ4v) is 1.85. The molecule has 0 aliphatic carbocycles. The van der Waals surface area contributed by atoms with Crippen LogP contribution in [0.5, 0.6) is 0 Å². The number of benzene rings is 2. The molecule has 0 aromatic heterocycles. The maximum absolute atomic E-state index is 10.8. The quantitative estimate of drug-likeness (QED) is 0.749. The summed E-state index contributed by atoms with van der Waals surface area (Å²) in [5, 5.41) is 0. The number of hydrogen-bond acceptors (Lipinski definition) is 2. The Hall–Kier alpha value is -1.93. The summed E-state index contributed by atoms with van der Waals surface area (Å²) in [6, 6.07) is 19.9.